The normalized spacial score (nSPS) is 30.6. The lowest BCUT2D eigenvalue weighted by atomic mass is 10.3. The van der Waals surface area contributed by atoms with Crippen molar-refractivity contribution in [3.63, 3.8) is 0 Å². The van der Waals surface area contributed by atoms with Gasteiger partial charge in [0.2, 0.25) is 0 Å². The topological polar surface area (TPSA) is 0 Å². The molecule has 0 N–H and O–H groups in total. The molecular formula is C6H9I. The molecule has 40 valence electrons. The molecule has 0 heterocycles. The van der Waals surface area contributed by atoms with E-state index in [1.807, 2.05) is 0 Å². The second kappa shape index (κ2) is 2.16. The van der Waals surface area contributed by atoms with E-state index in [1.165, 1.54) is 12.8 Å². The Morgan fingerprint density at radius 1 is 1.86 bits per heavy atom. The molecule has 1 rings (SSSR count). The van der Waals surface area contributed by atoms with E-state index in [1.54, 1.807) is 5.57 Å². The summed E-state index contributed by atoms with van der Waals surface area (Å²) in [7, 11) is 0. The minimum Gasteiger partial charge on any atom is -0.0845 e. The first-order chi connectivity index (χ1) is 3.29. The van der Waals surface area contributed by atoms with Crippen molar-refractivity contribution in [1.29, 1.82) is 0 Å². The molecule has 0 fully saturated rings. The van der Waals surface area contributed by atoms with Gasteiger partial charge in [-0.2, -0.15) is 0 Å². The number of hydrogen-bond acceptors (Lipinski definition) is 0. The Labute approximate surface area is 58.1 Å². The van der Waals surface area contributed by atoms with Gasteiger partial charge in [-0.3, -0.25) is 0 Å². The Balaban J connectivity index is 2.42. The largest absolute Gasteiger partial charge is 0.0845 e. The number of allylic oxidation sites excluding steroid dienone is 2. The zero-order valence-corrected chi connectivity index (χ0v) is 6.60. The quantitative estimate of drug-likeness (QED) is 0.326. The molecule has 0 aromatic rings. The van der Waals surface area contributed by atoms with E-state index in [0.29, 0.717) is 0 Å². The molecule has 0 radical (unpaired) electrons. The van der Waals surface area contributed by atoms with Crippen LogP contribution in [-0.4, -0.2) is 3.92 Å². The van der Waals surface area contributed by atoms with Crippen molar-refractivity contribution in [3.8, 4) is 0 Å². The van der Waals surface area contributed by atoms with Crippen LogP contribution in [0.25, 0.3) is 0 Å². The van der Waals surface area contributed by atoms with Crippen LogP contribution in [0.4, 0.5) is 0 Å². The maximum absolute atomic E-state index is 2.50. The molecular weight excluding hydrogens is 199 g/mol. The summed E-state index contributed by atoms with van der Waals surface area (Å²) in [6.45, 7) is 2.21. The maximum atomic E-state index is 2.50. The van der Waals surface area contributed by atoms with Gasteiger partial charge in [0.05, 0.1) is 0 Å². The minimum absolute atomic E-state index is 0.901. The molecule has 1 atom stereocenters. The van der Waals surface area contributed by atoms with E-state index in [-0.39, 0.29) is 0 Å². The van der Waals surface area contributed by atoms with E-state index < -0.39 is 0 Å². The standard InChI is InChI=1S/C6H9I/c1-5-2-3-6(7)4-5/h2,6H,3-4H2,1H3. The fourth-order valence-corrected chi connectivity index (χ4v) is 1.79. The van der Waals surface area contributed by atoms with Gasteiger partial charge in [-0.05, 0) is 19.8 Å². The van der Waals surface area contributed by atoms with Gasteiger partial charge >= 0.3 is 0 Å². The van der Waals surface area contributed by atoms with Crippen molar-refractivity contribution in [1.82, 2.24) is 0 Å². The first kappa shape index (κ1) is 5.60. The van der Waals surface area contributed by atoms with Crippen molar-refractivity contribution in [2.45, 2.75) is 23.7 Å². The summed E-state index contributed by atoms with van der Waals surface area (Å²) in [5, 5.41) is 0. The summed E-state index contributed by atoms with van der Waals surface area (Å²) in [4.78, 5) is 0. The van der Waals surface area contributed by atoms with Gasteiger partial charge in [0, 0.05) is 3.92 Å². The molecule has 0 bridgehead atoms. The molecule has 0 saturated heterocycles. The molecule has 0 aliphatic heterocycles. The van der Waals surface area contributed by atoms with Crippen molar-refractivity contribution >= 4 is 22.6 Å². The highest BCUT2D eigenvalue weighted by Crippen LogP contribution is 2.24. The molecule has 0 aromatic heterocycles. The summed E-state index contributed by atoms with van der Waals surface area (Å²) in [6, 6.07) is 0. The van der Waals surface area contributed by atoms with Crippen LogP contribution in [0.5, 0.6) is 0 Å². The molecule has 1 aliphatic carbocycles. The van der Waals surface area contributed by atoms with Gasteiger partial charge < -0.3 is 0 Å². The Kier molecular flexibility index (Phi) is 1.73. The molecule has 1 aliphatic rings. The van der Waals surface area contributed by atoms with E-state index in [4.69, 9.17) is 0 Å². The van der Waals surface area contributed by atoms with Gasteiger partial charge in [-0.25, -0.2) is 0 Å². The molecule has 7 heavy (non-hydrogen) atoms. The van der Waals surface area contributed by atoms with Gasteiger partial charge in [0.1, 0.15) is 0 Å². The van der Waals surface area contributed by atoms with E-state index in [0.717, 1.165) is 3.92 Å². The van der Waals surface area contributed by atoms with Crippen LogP contribution in [0.15, 0.2) is 11.6 Å². The van der Waals surface area contributed by atoms with Crippen molar-refractivity contribution < 1.29 is 0 Å². The fraction of sp³-hybridized carbons (Fsp3) is 0.667. The second-order valence-electron chi connectivity index (χ2n) is 2.09. The van der Waals surface area contributed by atoms with Crippen LogP contribution < -0.4 is 0 Å². The Morgan fingerprint density at radius 3 is 2.71 bits per heavy atom. The summed E-state index contributed by atoms with van der Waals surface area (Å²) in [5.41, 5.74) is 1.57. The lowest BCUT2D eigenvalue weighted by Gasteiger charge is -1.92. The molecule has 0 nitrogen and oxygen atoms in total. The van der Waals surface area contributed by atoms with Crippen molar-refractivity contribution in [3.05, 3.63) is 11.6 Å². The van der Waals surface area contributed by atoms with Gasteiger partial charge in [-0.1, -0.05) is 34.2 Å². The molecule has 0 aromatic carbocycles. The second-order valence-corrected chi connectivity index (χ2v) is 3.85. The first-order valence-corrected chi connectivity index (χ1v) is 3.83. The SMILES string of the molecule is CC1=CCC(I)C1. The zero-order valence-electron chi connectivity index (χ0n) is 4.45. The van der Waals surface area contributed by atoms with E-state index in [2.05, 4.69) is 35.6 Å². The van der Waals surface area contributed by atoms with Crippen molar-refractivity contribution in [2.24, 2.45) is 0 Å². The number of rotatable bonds is 0. The maximum Gasteiger partial charge on any atom is 0.0181 e. The van der Waals surface area contributed by atoms with Crippen LogP contribution >= 0.6 is 22.6 Å². The average molecular weight is 208 g/mol. The highest BCUT2D eigenvalue weighted by molar-refractivity contribution is 14.1. The predicted molar refractivity (Wildman–Crippen MR) is 40.8 cm³/mol. The Morgan fingerprint density at radius 2 is 2.57 bits per heavy atom. The van der Waals surface area contributed by atoms with Gasteiger partial charge in [0.25, 0.3) is 0 Å². The van der Waals surface area contributed by atoms with E-state index >= 15 is 0 Å². The summed E-state index contributed by atoms with van der Waals surface area (Å²) >= 11 is 2.50. The summed E-state index contributed by atoms with van der Waals surface area (Å²) in [6.07, 6.45) is 4.95. The average Bonchev–Trinajstić information content (AvgIpc) is 1.87. The molecule has 1 unspecified atom stereocenters. The van der Waals surface area contributed by atoms with Gasteiger partial charge in [0.15, 0.2) is 0 Å². The summed E-state index contributed by atoms with van der Waals surface area (Å²) in [5.74, 6) is 0. The molecule has 0 amide bonds. The Bertz CT molecular complexity index is 94.4. The lowest BCUT2D eigenvalue weighted by Crippen LogP contribution is -1.85. The fourth-order valence-electron chi connectivity index (χ4n) is 0.845. The van der Waals surface area contributed by atoms with Crippen LogP contribution in [0.1, 0.15) is 19.8 Å². The molecule has 1 heteroatoms. The monoisotopic (exact) mass is 208 g/mol. The third kappa shape index (κ3) is 1.44. The first-order valence-electron chi connectivity index (χ1n) is 2.59. The number of hydrogen-bond donors (Lipinski definition) is 0. The highest BCUT2D eigenvalue weighted by atomic mass is 127. The third-order valence-corrected chi connectivity index (χ3v) is 2.21. The number of halogens is 1. The molecule has 0 spiro atoms. The van der Waals surface area contributed by atoms with E-state index in [9.17, 15) is 0 Å². The highest BCUT2D eigenvalue weighted by Gasteiger charge is 2.08. The minimum atomic E-state index is 0.901. The zero-order chi connectivity index (χ0) is 5.28. The lowest BCUT2D eigenvalue weighted by molar-refractivity contribution is 0.965. The smallest absolute Gasteiger partial charge is 0.0181 e. The van der Waals surface area contributed by atoms with Crippen LogP contribution in [-0.2, 0) is 0 Å². The predicted octanol–water partition coefficient (Wildman–Crippen LogP) is 2.53. The van der Waals surface area contributed by atoms with Crippen molar-refractivity contribution in [2.75, 3.05) is 0 Å². The number of alkyl halides is 1. The van der Waals surface area contributed by atoms with Crippen LogP contribution in [0, 0.1) is 0 Å². The third-order valence-electron chi connectivity index (χ3n) is 1.27. The Hall–Kier alpha value is 0.470. The molecule has 0 saturated carbocycles. The van der Waals surface area contributed by atoms with Crippen LogP contribution in [0.2, 0.25) is 0 Å². The van der Waals surface area contributed by atoms with Gasteiger partial charge in [-0.15, -0.1) is 0 Å². The van der Waals surface area contributed by atoms with Crippen LogP contribution in [0.3, 0.4) is 0 Å². The summed E-state index contributed by atoms with van der Waals surface area (Å²) < 4.78 is 0.901.